The number of nitrogens with two attached hydrogens (primary N) is 1. The first kappa shape index (κ1) is 23.4. The van der Waals surface area contributed by atoms with Gasteiger partial charge in [-0.1, -0.05) is 48.5 Å². The fourth-order valence-corrected chi connectivity index (χ4v) is 3.51. The molecular formula is C22H25ClN2O5. The van der Waals surface area contributed by atoms with E-state index in [0.29, 0.717) is 0 Å². The third-order valence-corrected chi connectivity index (χ3v) is 4.95. The number of hydrogen-bond donors (Lipinski definition) is 2. The molecule has 0 saturated carbocycles. The Labute approximate surface area is 181 Å². The van der Waals surface area contributed by atoms with E-state index in [9.17, 15) is 14.4 Å². The van der Waals surface area contributed by atoms with Crippen molar-refractivity contribution < 1.29 is 23.9 Å². The highest BCUT2D eigenvalue weighted by atomic mass is 35.5. The second kappa shape index (κ2) is 10.2. The minimum Gasteiger partial charge on any atom is -0.464 e. The van der Waals surface area contributed by atoms with Gasteiger partial charge in [0, 0.05) is 5.92 Å². The Balaban J connectivity index is 0.00000320. The number of esters is 1. The van der Waals surface area contributed by atoms with Crippen molar-refractivity contribution in [2.45, 2.75) is 31.8 Å². The average Bonchev–Trinajstić information content (AvgIpc) is 3.05. The Morgan fingerprint density at radius 3 is 2.07 bits per heavy atom. The molecule has 3 rings (SSSR count). The van der Waals surface area contributed by atoms with Gasteiger partial charge < -0.3 is 20.5 Å². The zero-order chi connectivity index (χ0) is 21.0. The molecule has 1 aliphatic carbocycles. The topological polar surface area (TPSA) is 108 Å². The summed E-state index contributed by atoms with van der Waals surface area (Å²) in [6, 6.07) is 13.6. The molecule has 0 aliphatic heterocycles. The molecule has 0 spiro atoms. The number of hydrogen-bond acceptors (Lipinski definition) is 6. The van der Waals surface area contributed by atoms with Gasteiger partial charge >= 0.3 is 12.1 Å². The van der Waals surface area contributed by atoms with Crippen LogP contribution in [0.3, 0.4) is 0 Å². The van der Waals surface area contributed by atoms with Gasteiger partial charge in [-0.05, 0) is 36.1 Å². The first-order chi connectivity index (χ1) is 13.9. The number of carbonyl (C=O) groups is 3. The number of rotatable bonds is 7. The van der Waals surface area contributed by atoms with Gasteiger partial charge in [0.1, 0.15) is 6.61 Å². The lowest BCUT2D eigenvalue weighted by molar-refractivity contribution is -0.147. The van der Waals surface area contributed by atoms with Crippen LogP contribution in [0, 0.1) is 0 Å². The van der Waals surface area contributed by atoms with Gasteiger partial charge in [-0.15, -0.1) is 12.4 Å². The molecule has 160 valence electrons. The molecule has 30 heavy (non-hydrogen) atoms. The molecule has 0 bridgehead atoms. The number of carbonyl (C=O) groups excluding carboxylic acids is 3. The number of ketones is 1. The van der Waals surface area contributed by atoms with Crippen molar-refractivity contribution in [2.24, 2.45) is 5.73 Å². The van der Waals surface area contributed by atoms with E-state index in [1.54, 1.807) is 6.92 Å². The normalized spacial score (nSPS) is 13.8. The maximum atomic E-state index is 12.2. The van der Waals surface area contributed by atoms with E-state index in [2.05, 4.69) is 5.32 Å². The zero-order valence-corrected chi connectivity index (χ0v) is 17.6. The molecule has 8 heteroatoms. The van der Waals surface area contributed by atoms with Crippen LogP contribution in [-0.4, -0.2) is 43.1 Å². The van der Waals surface area contributed by atoms with Gasteiger partial charge in [0.25, 0.3) is 0 Å². The molecule has 3 N–H and O–H groups in total. The summed E-state index contributed by atoms with van der Waals surface area (Å²) in [5.41, 5.74) is 10.0. The van der Waals surface area contributed by atoms with Crippen LogP contribution in [-0.2, 0) is 19.1 Å². The number of halogens is 1. The Hall–Kier alpha value is -2.90. The summed E-state index contributed by atoms with van der Waals surface area (Å²) in [7, 11) is 0. The molecular weight excluding hydrogens is 408 g/mol. The minimum atomic E-state index is -1.45. The Morgan fingerprint density at radius 2 is 1.53 bits per heavy atom. The Morgan fingerprint density at radius 1 is 1.00 bits per heavy atom. The van der Waals surface area contributed by atoms with Gasteiger partial charge in [0.05, 0.1) is 12.6 Å². The van der Waals surface area contributed by atoms with E-state index < -0.39 is 29.9 Å². The van der Waals surface area contributed by atoms with Crippen LogP contribution in [0.5, 0.6) is 0 Å². The van der Waals surface area contributed by atoms with Crippen LogP contribution in [0.1, 0.15) is 30.9 Å². The second-order valence-corrected chi connectivity index (χ2v) is 6.82. The number of fused-ring (bicyclic) bond motifs is 3. The summed E-state index contributed by atoms with van der Waals surface area (Å²) in [5.74, 6) is -1.54. The van der Waals surface area contributed by atoms with Gasteiger partial charge in [0.15, 0.2) is 11.8 Å². The minimum absolute atomic E-state index is 0. The maximum Gasteiger partial charge on any atom is 0.407 e. The lowest BCUT2D eigenvalue weighted by Crippen LogP contribution is -2.50. The van der Waals surface area contributed by atoms with Gasteiger partial charge in [0.2, 0.25) is 0 Å². The van der Waals surface area contributed by atoms with Crippen molar-refractivity contribution in [3.8, 4) is 11.1 Å². The monoisotopic (exact) mass is 432 g/mol. The summed E-state index contributed by atoms with van der Waals surface area (Å²) in [6.07, 6.45) is -0.747. The molecule has 1 aliphatic rings. The highest BCUT2D eigenvalue weighted by Gasteiger charge is 2.31. The summed E-state index contributed by atoms with van der Waals surface area (Å²) in [6.45, 7) is 3.31. The van der Waals surface area contributed by atoms with Crippen molar-refractivity contribution in [1.29, 1.82) is 0 Å². The molecule has 2 aromatic rings. The van der Waals surface area contributed by atoms with E-state index in [1.165, 1.54) is 6.92 Å². The van der Waals surface area contributed by atoms with E-state index in [4.69, 9.17) is 15.2 Å². The third-order valence-electron chi connectivity index (χ3n) is 4.95. The molecule has 7 nitrogen and oxygen atoms in total. The largest absolute Gasteiger partial charge is 0.464 e. The van der Waals surface area contributed by atoms with Crippen LogP contribution in [0.15, 0.2) is 48.5 Å². The molecule has 2 atom stereocenters. The third kappa shape index (κ3) is 4.80. The van der Waals surface area contributed by atoms with Crippen molar-refractivity contribution >= 4 is 30.3 Å². The van der Waals surface area contributed by atoms with Crippen LogP contribution in [0.2, 0.25) is 0 Å². The zero-order valence-electron chi connectivity index (χ0n) is 16.8. The SMILES string of the molecule is CCOC(=O)C(N)C(=O)C(C)NC(=O)OCC1c2ccccc2-c2ccccc21.Cl. The van der Waals surface area contributed by atoms with Crippen LogP contribution < -0.4 is 11.1 Å². The van der Waals surface area contributed by atoms with E-state index in [-0.39, 0.29) is 31.5 Å². The van der Waals surface area contributed by atoms with E-state index >= 15 is 0 Å². The van der Waals surface area contributed by atoms with Gasteiger partial charge in [-0.2, -0.15) is 0 Å². The Bertz CT molecular complexity index is 888. The van der Waals surface area contributed by atoms with E-state index in [0.717, 1.165) is 22.3 Å². The molecule has 0 radical (unpaired) electrons. The quantitative estimate of drug-likeness (QED) is 0.514. The Kier molecular flexibility index (Phi) is 7.97. The first-order valence-electron chi connectivity index (χ1n) is 9.51. The average molecular weight is 433 g/mol. The fraction of sp³-hybridized carbons (Fsp3) is 0.318. The van der Waals surface area contributed by atoms with E-state index in [1.807, 2.05) is 48.5 Å². The van der Waals surface area contributed by atoms with Crippen LogP contribution in [0.25, 0.3) is 11.1 Å². The van der Waals surface area contributed by atoms with Crippen molar-refractivity contribution in [3.63, 3.8) is 0 Å². The molecule has 0 aromatic heterocycles. The predicted molar refractivity (Wildman–Crippen MR) is 115 cm³/mol. The molecule has 0 heterocycles. The second-order valence-electron chi connectivity index (χ2n) is 6.82. The fourth-order valence-electron chi connectivity index (χ4n) is 3.51. The lowest BCUT2D eigenvalue weighted by atomic mass is 9.98. The van der Waals surface area contributed by atoms with Gasteiger partial charge in [-0.3, -0.25) is 4.79 Å². The molecule has 0 fully saturated rings. The highest BCUT2D eigenvalue weighted by Crippen LogP contribution is 2.44. The molecule has 2 unspecified atom stereocenters. The predicted octanol–water partition coefficient (Wildman–Crippen LogP) is 2.79. The molecule has 0 saturated heterocycles. The summed E-state index contributed by atoms with van der Waals surface area (Å²) < 4.78 is 10.1. The van der Waals surface area contributed by atoms with Crippen molar-refractivity contribution in [1.82, 2.24) is 5.32 Å². The number of amides is 1. The van der Waals surface area contributed by atoms with Crippen LogP contribution in [0.4, 0.5) is 4.79 Å². The van der Waals surface area contributed by atoms with Crippen molar-refractivity contribution in [3.05, 3.63) is 59.7 Å². The summed E-state index contributed by atoms with van der Waals surface area (Å²) in [5, 5.41) is 2.43. The van der Waals surface area contributed by atoms with Crippen LogP contribution >= 0.6 is 12.4 Å². The lowest BCUT2D eigenvalue weighted by Gasteiger charge is -2.18. The summed E-state index contributed by atoms with van der Waals surface area (Å²) >= 11 is 0. The molecule has 2 aromatic carbocycles. The first-order valence-corrected chi connectivity index (χ1v) is 9.51. The number of nitrogens with one attached hydrogen (secondary N) is 1. The number of ether oxygens (including phenoxy) is 2. The smallest absolute Gasteiger partial charge is 0.407 e. The number of benzene rings is 2. The standard InChI is InChI=1S/C22H24N2O5.ClH/c1-3-28-21(26)19(23)20(25)13(2)24-22(27)29-12-18-16-10-6-4-8-14(16)15-9-5-7-11-17(15)18;/h4-11,13,18-19H,3,12,23H2,1-2H3,(H,24,27);1H. The van der Waals surface area contributed by atoms with Gasteiger partial charge in [-0.25, -0.2) is 9.59 Å². The highest BCUT2D eigenvalue weighted by molar-refractivity contribution is 6.06. The molecule has 1 amide bonds. The summed E-state index contributed by atoms with van der Waals surface area (Å²) in [4.78, 5) is 36.0. The number of alkyl carbamates (subject to hydrolysis) is 1. The van der Waals surface area contributed by atoms with Crippen molar-refractivity contribution in [2.75, 3.05) is 13.2 Å². The number of Topliss-reactive ketones (excluding diaryl/α,β-unsaturated/α-hetero) is 1. The maximum absolute atomic E-state index is 12.2.